The predicted octanol–water partition coefficient (Wildman–Crippen LogP) is 1.66. The van der Waals surface area contributed by atoms with E-state index in [1.54, 1.807) is 0 Å². The lowest BCUT2D eigenvalue weighted by Crippen LogP contribution is -2.10. The van der Waals surface area contributed by atoms with Crippen molar-refractivity contribution in [3.05, 3.63) is 30.1 Å². The maximum Gasteiger partial charge on any atom is 0.122 e. The van der Waals surface area contributed by atoms with Crippen LogP contribution in [-0.4, -0.2) is 15.4 Å². The minimum absolute atomic E-state index is 0.112. The second-order valence-electron chi connectivity index (χ2n) is 4.00. The molecule has 1 fully saturated rings. The van der Waals surface area contributed by atoms with Gasteiger partial charge in [-0.3, -0.25) is 5.41 Å². The van der Waals surface area contributed by atoms with Crippen LogP contribution in [0.25, 0.3) is 11.0 Å². The summed E-state index contributed by atoms with van der Waals surface area (Å²) in [5, 5.41) is 7.41. The Balaban J connectivity index is 2.21. The van der Waals surface area contributed by atoms with E-state index in [0.29, 0.717) is 6.04 Å². The zero-order valence-electron chi connectivity index (χ0n) is 8.27. The minimum atomic E-state index is 0.112. The van der Waals surface area contributed by atoms with E-state index in [9.17, 15) is 0 Å². The van der Waals surface area contributed by atoms with Gasteiger partial charge in [0.2, 0.25) is 0 Å². The molecule has 1 aromatic carbocycles. The molecule has 0 saturated heterocycles. The Labute approximate surface area is 87.2 Å². The summed E-state index contributed by atoms with van der Waals surface area (Å²) < 4.78 is 2.18. The highest BCUT2D eigenvalue weighted by Gasteiger charge is 2.24. The summed E-state index contributed by atoms with van der Waals surface area (Å²) in [6, 6.07) is 6.32. The van der Waals surface area contributed by atoms with Gasteiger partial charge >= 0.3 is 0 Å². The number of nitrogens with zero attached hydrogens (tertiary/aromatic N) is 2. The van der Waals surface area contributed by atoms with Crippen LogP contribution in [0.3, 0.4) is 0 Å². The fourth-order valence-electron chi connectivity index (χ4n) is 1.84. The van der Waals surface area contributed by atoms with E-state index in [1.165, 1.54) is 12.8 Å². The van der Waals surface area contributed by atoms with Gasteiger partial charge in [0.1, 0.15) is 5.84 Å². The first-order valence-corrected chi connectivity index (χ1v) is 5.07. The van der Waals surface area contributed by atoms with Gasteiger partial charge in [-0.1, -0.05) is 0 Å². The third kappa shape index (κ3) is 1.29. The molecule has 0 radical (unpaired) electrons. The Morgan fingerprint density at radius 3 is 2.93 bits per heavy atom. The molecule has 3 rings (SSSR count). The first-order valence-electron chi connectivity index (χ1n) is 5.07. The van der Waals surface area contributed by atoms with Crippen molar-refractivity contribution in [3.8, 4) is 0 Å². The van der Waals surface area contributed by atoms with Crippen LogP contribution in [0.4, 0.5) is 0 Å². The van der Waals surface area contributed by atoms with Crippen molar-refractivity contribution in [1.82, 2.24) is 9.55 Å². The Bertz CT molecular complexity index is 537. The van der Waals surface area contributed by atoms with E-state index in [2.05, 4.69) is 9.55 Å². The van der Waals surface area contributed by atoms with E-state index < -0.39 is 0 Å². The third-order valence-corrected chi connectivity index (χ3v) is 2.83. The summed E-state index contributed by atoms with van der Waals surface area (Å²) in [6.07, 6.45) is 4.35. The summed E-state index contributed by atoms with van der Waals surface area (Å²) in [6.45, 7) is 0. The summed E-state index contributed by atoms with van der Waals surface area (Å²) in [4.78, 5) is 4.33. The largest absolute Gasteiger partial charge is 0.384 e. The molecule has 0 aliphatic heterocycles. The molecule has 0 atom stereocenters. The van der Waals surface area contributed by atoms with Crippen molar-refractivity contribution in [2.24, 2.45) is 5.73 Å². The van der Waals surface area contributed by atoms with Crippen LogP contribution in [0.15, 0.2) is 24.5 Å². The standard InChI is InChI=1S/C11H12N4/c12-11(13)7-1-4-9-10(5-7)15(6-14-9)8-2-3-8/h1,4-6,8H,2-3H2,(H3,12,13). The maximum absolute atomic E-state index is 7.41. The molecule has 1 saturated carbocycles. The minimum Gasteiger partial charge on any atom is -0.384 e. The van der Waals surface area contributed by atoms with Gasteiger partial charge in [0, 0.05) is 11.6 Å². The second kappa shape index (κ2) is 2.82. The van der Waals surface area contributed by atoms with Gasteiger partial charge in [-0.25, -0.2) is 4.98 Å². The third-order valence-electron chi connectivity index (χ3n) is 2.83. The van der Waals surface area contributed by atoms with Crippen molar-refractivity contribution < 1.29 is 0 Å². The average Bonchev–Trinajstić information content (AvgIpc) is 2.98. The number of amidine groups is 1. The highest BCUT2D eigenvalue weighted by Crippen LogP contribution is 2.37. The first-order chi connectivity index (χ1) is 7.25. The van der Waals surface area contributed by atoms with Crippen molar-refractivity contribution in [1.29, 1.82) is 5.41 Å². The molecule has 0 amide bonds. The van der Waals surface area contributed by atoms with E-state index in [1.807, 2.05) is 24.5 Å². The number of benzene rings is 1. The van der Waals surface area contributed by atoms with Crippen molar-refractivity contribution >= 4 is 16.9 Å². The zero-order valence-corrected chi connectivity index (χ0v) is 8.27. The summed E-state index contributed by atoms with van der Waals surface area (Å²) in [5.74, 6) is 0.112. The number of rotatable bonds is 2. The quantitative estimate of drug-likeness (QED) is 0.571. The maximum atomic E-state index is 7.41. The van der Waals surface area contributed by atoms with Crippen LogP contribution in [0.1, 0.15) is 24.4 Å². The number of fused-ring (bicyclic) bond motifs is 1. The first kappa shape index (κ1) is 8.47. The lowest BCUT2D eigenvalue weighted by Gasteiger charge is -2.02. The molecule has 0 bridgehead atoms. The zero-order chi connectivity index (χ0) is 10.4. The van der Waals surface area contributed by atoms with Gasteiger partial charge in [-0.15, -0.1) is 0 Å². The van der Waals surface area contributed by atoms with Gasteiger partial charge in [-0.2, -0.15) is 0 Å². The highest BCUT2D eigenvalue weighted by molar-refractivity contribution is 5.98. The monoisotopic (exact) mass is 200 g/mol. The normalized spacial score (nSPS) is 15.7. The number of hydrogen-bond acceptors (Lipinski definition) is 2. The molecule has 1 aliphatic carbocycles. The fourth-order valence-corrected chi connectivity index (χ4v) is 1.84. The number of hydrogen-bond donors (Lipinski definition) is 2. The van der Waals surface area contributed by atoms with Crippen molar-refractivity contribution in [2.75, 3.05) is 0 Å². The van der Waals surface area contributed by atoms with Gasteiger partial charge < -0.3 is 10.3 Å². The lowest BCUT2D eigenvalue weighted by atomic mass is 10.2. The van der Waals surface area contributed by atoms with Crippen LogP contribution >= 0.6 is 0 Å². The van der Waals surface area contributed by atoms with Gasteiger partial charge in [0.05, 0.1) is 17.4 Å². The number of aromatic nitrogens is 2. The molecular formula is C11H12N4. The van der Waals surface area contributed by atoms with E-state index in [0.717, 1.165) is 16.6 Å². The molecule has 4 heteroatoms. The Hall–Kier alpha value is -1.84. The Morgan fingerprint density at radius 2 is 2.27 bits per heavy atom. The van der Waals surface area contributed by atoms with Gasteiger partial charge in [0.25, 0.3) is 0 Å². The SMILES string of the molecule is N=C(N)c1ccc2ncn(C3CC3)c2c1. The number of nitrogens with one attached hydrogen (secondary N) is 1. The van der Waals surface area contributed by atoms with Crippen molar-refractivity contribution in [3.63, 3.8) is 0 Å². The summed E-state index contributed by atoms with van der Waals surface area (Å²) in [7, 11) is 0. The van der Waals surface area contributed by atoms with Crippen LogP contribution < -0.4 is 5.73 Å². The lowest BCUT2D eigenvalue weighted by molar-refractivity contribution is 0.766. The van der Waals surface area contributed by atoms with Crippen LogP contribution in [0, 0.1) is 5.41 Å². The number of nitrogens with two attached hydrogens (primary N) is 1. The molecule has 4 nitrogen and oxygen atoms in total. The number of imidazole rings is 1. The summed E-state index contributed by atoms with van der Waals surface area (Å²) >= 11 is 0. The predicted molar refractivity (Wildman–Crippen MR) is 59.0 cm³/mol. The topological polar surface area (TPSA) is 67.7 Å². The molecule has 1 aromatic heterocycles. The molecule has 3 N–H and O–H groups in total. The van der Waals surface area contributed by atoms with E-state index in [-0.39, 0.29) is 5.84 Å². The highest BCUT2D eigenvalue weighted by atomic mass is 15.1. The molecule has 0 unspecified atom stereocenters. The molecule has 1 aliphatic rings. The van der Waals surface area contributed by atoms with Crippen LogP contribution in [0.5, 0.6) is 0 Å². The average molecular weight is 200 g/mol. The van der Waals surface area contributed by atoms with E-state index >= 15 is 0 Å². The molecule has 2 aromatic rings. The Kier molecular flexibility index (Phi) is 1.59. The van der Waals surface area contributed by atoms with E-state index in [4.69, 9.17) is 11.1 Å². The van der Waals surface area contributed by atoms with Gasteiger partial charge in [-0.05, 0) is 31.0 Å². The van der Waals surface area contributed by atoms with Crippen LogP contribution in [-0.2, 0) is 0 Å². The smallest absolute Gasteiger partial charge is 0.122 e. The number of nitrogen functional groups attached to an aromatic ring is 1. The second-order valence-corrected chi connectivity index (χ2v) is 4.00. The Morgan fingerprint density at radius 1 is 1.47 bits per heavy atom. The molecule has 1 heterocycles. The molecule has 0 spiro atoms. The van der Waals surface area contributed by atoms with Crippen LogP contribution in [0.2, 0.25) is 0 Å². The van der Waals surface area contributed by atoms with Gasteiger partial charge in [0.15, 0.2) is 0 Å². The fraction of sp³-hybridized carbons (Fsp3) is 0.273. The van der Waals surface area contributed by atoms with Crippen molar-refractivity contribution in [2.45, 2.75) is 18.9 Å². The molecule has 76 valence electrons. The summed E-state index contributed by atoms with van der Waals surface area (Å²) in [5.41, 5.74) is 8.30. The molecular weight excluding hydrogens is 188 g/mol. The molecule has 15 heavy (non-hydrogen) atoms.